The van der Waals surface area contributed by atoms with Crippen molar-refractivity contribution in [2.24, 2.45) is 56.2 Å². The Hall–Kier alpha value is -2.80. The van der Waals surface area contributed by atoms with Crippen LogP contribution in [0.5, 0.6) is 0 Å². The van der Waals surface area contributed by atoms with E-state index >= 15 is 0 Å². The standard InChI is InChI=1S/C44H60ClNO6/c1-26(2)36-31(48)23-44(19-14-29(47)22-28-11-10-27(45)25-46-28)21-20-42(8)30(37(36)44)12-13-33-41(7)17-16-34(52-35(49)24-39(3,4)38(50)51)40(5,6)32(41)15-18-43(33,42)9/h10-11,14,19,25-26,30,32-34H,12-13,15-18,20-24H2,1-9H3,(H,50,51)/b19-14+/t30-,32+,33-,34+,41+,42-,43-,44+/m1/s1. The van der Waals surface area contributed by atoms with Crippen molar-refractivity contribution in [3.8, 4) is 0 Å². The van der Waals surface area contributed by atoms with Gasteiger partial charge < -0.3 is 9.84 Å². The number of allylic oxidation sites excluding steroid dienone is 4. The molecule has 5 aliphatic rings. The van der Waals surface area contributed by atoms with Crippen LogP contribution in [0.15, 0.2) is 41.6 Å². The Balaban J connectivity index is 1.28. The maximum atomic E-state index is 14.0. The highest BCUT2D eigenvalue weighted by Crippen LogP contribution is 2.77. The van der Waals surface area contributed by atoms with Gasteiger partial charge in [0.15, 0.2) is 11.6 Å². The normalized spacial score (nSPS) is 36.9. The summed E-state index contributed by atoms with van der Waals surface area (Å²) in [6, 6.07) is 3.54. The third-order valence-corrected chi connectivity index (χ3v) is 15.8. The van der Waals surface area contributed by atoms with Crippen molar-refractivity contribution in [1.29, 1.82) is 0 Å². The Morgan fingerprint density at radius 2 is 1.69 bits per heavy atom. The van der Waals surface area contributed by atoms with Gasteiger partial charge in [0.25, 0.3) is 0 Å². The number of aliphatic carboxylic acids is 1. The Kier molecular flexibility index (Phi) is 9.88. The second-order valence-electron chi connectivity index (χ2n) is 19.5. The highest BCUT2D eigenvalue weighted by Gasteiger charge is 2.70. The summed E-state index contributed by atoms with van der Waals surface area (Å²) >= 11 is 6.01. The minimum atomic E-state index is -1.17. The maximum Gasteiger partial charge on any atom is 0.309 e. The average Bonchev–Trinajstić information content (AvgIpc) is 3.35. The van der Waals surface area contributed by atoms with Crippen LogP contribution in [0.4, 0.5) is 0 Å². The van der Waals surface area contributed by atoms with Crippen LogP contribution < -0.4 is 0 Å². The van der Waals surface area contributed by atoms with E-state index in [2.05, 4.69) is 59.5 Å². The lowest BCUT2D eigenvalue weighted by molar-refractivity contribution is -0.232. The summed E-state index contributed by atoms with van der Waals surface area (Å²) in [4.78, 5) is 56.4. The topological polar surface area (TPSA) is 111 Å². The van der Waals surface area contributed by atoms with E-state index in [0.717, 1.165) is 56.9 Å². The third-order valence-electron chi connectivity index (χ3n) is 15.6. The van der Waals surface area contributed by atoms with Gasteiger partial charge in [0.1, 0.15) is 6.10 Å². The summed E-state index contributed by atoms with van der Waals surface area (Å²) in [5.41, 5.74) is 1.28. The van der Waals surface area contributed by atoms with Gasteiger partial charge in [-0.1, -0.05) is 66.1 Å². The van der Waals surface area contributed by atoms with E-state index in [4.69, 9.17) is 16.3 Å². The molecule has 0 aliphatic heterocycles. The Labute approximate surface area is 315 Å². The number of carbonyl (C=O) groups is 4. The highest BCUT2D eigenvalue weighted by atomic mass is 35.5. The predicted molar refractivity (Wildman–Crippen MR) is 202 cm³/mol. The van der Waals surface area contributed by atoms with Crippen molar-refractivity contribution in [2.75, 3.05) is 0 Å². The van der Waals surface area contributed by atoms with E-state index in [0.29, 0.717) is 29.0 Å². The van der Waals surface area contributed by atoms with Gasteiger partial charge in [-0.3, -0.25) is 24.2 Å². The fraction of sp³-hybridized carbons (Fsp3) is 0.705. The number of carboxylic acids is 1. The molecule has 8 heteroatoms. The molecule has 5 aliphatic carbocycles. The third kappa shape index (κ3) is 6.13. The first-order chi connectivity index (χ1) is 24.1. The summed E-state index contributed by atoms with van der Waals surface area (Å²) in [6.45, 7) is 19.6. The molecule has 0 spiro atoms. The van der Waals surface area contributed by atoms with Crippen molar-refractivity contribution in [1.82, 2.24) is 4.98 Å². The quantitative estimate of drug-likeness (QED) is 0.199. The Bertz CT molecular complexity index is 1710. The molecule has 4 saturated carbocycles. The number of nitrogens with zero attached hydrogens (tertiary/aromatic N) is 1. The van der Waals surface area contributed by atoms with Crippen molar-refractivity contribution >= 4 is 35.1 Å². The van der Waals surface area contributed by atoms with Crippen LogP contribution in [0.3, 0.4) is 0 Å². The molecule has 7 nitrogen and oxygen atoms in total. The lowest BCUT2D eigenvalue weighted by Gasteiger charge is -2.72. The van der Waals surface area contributed by atoms with E-state index in [1.165, 1.54) is 5.57 Å². The van der Waals surface area contributed by atoms with E-state index < -0.39 is 22.8 Å². The minimum Gasteiger partial charge on any atom is -0.481 e. The van der Waals surface area contributed by atoms with Gasteiger partial charge in [-0.25, -0.2) is 0 Å². The smallest absolute Gasteiger partial charge is 0.309 e. The minimum absolute atomic E-state index is 0.00552. The number of carboxylic acid groups (broad SMARTS) is 1. The molecule has 0 amide bonds. The molecule has 8 atom stereocenters. The van der Waals surface area contributed by atoms with Gasteiger partial charge in [-0.2, -0.15) is 0 Å². The number of carbonyl (C=O) groups excluding carboxylic acids is 3. The number of rotatable bonds is 9. The van der Waals surface area contributed by atoms with Crippen LogP contribution in [-0.4, -0.2) is 39.7 Å². The molecule has 1 N–H and O–H groups in total. The van der Waals surface area contributed by atoms with Gasteiger partial charge >= 0.3 is 11.9 Å². The van der Waals surface area contributed by atoms with Crippen LogP contribution >= 0.6 is 11.6 Å². The van der Waals surface area contributed by atoms with Gasteiger partial charge in [0.05, 0.1) is 23.3 Å². The van der Waals surface area contributed by atoms with Crippen LogP contribution in [-0.2, 0) is 30.3 Å². The van der Waals surface area contributed by atoms with Gasteiger partial charge in [0.2, 0.25) is 0 Å². The molecule has 284 valence electrons. The highest BCUT2D eigenvalue weighted by molar-refractivity contribution is 6.30. The Morgan fingerprint density at radius 3 is 2.33 bits per heavy atom. The lowest BCUT2D eigenvalue weighted by atomic mass is 9.33. The molecule has 0 radical (unpaired) electrons. The molecule has 1 heterocycles. The number of halogens is 1. The zero-order chi connectivity index (χ0) is 38.2. The number of pyridine rings is 1. The molecule has 1 aromatic heterocycles. The monoisotopic (exact) mass is 733 g/mol. The van der Waals surface area contributed by atoms with Crippen molar-refractivity contribution in [3.05, 3.63) is 52.3 Å². The van der Waals surface area contributed by atoms with Crippen LogP contribution in [0, 0.1) is 56.2 Å². The number of Topliss-reactive ketones (excluding diaryl/α,β-unsaturated/α-hetero) is 1. The first-order valence-corrected chi connectivity index (χ1v) is 20.0. The molecule has 0 bridgehead atoms. The number of ketones is 2. The van der Waals surface area contributed by atoms with Crippen molar-refractivity contribution in [2.45, 2.75) is 139 Å². The van der Waals surface area contributed by atoms with E-state index in [-0.39, 0.29) is 64.0 Å². The molecule has 4 fully saturated rings. The molecular weight excluding hydrogens is 674 g/mol. The molecule has 1 aromatic rings. The molecule has 0 aromatic carbocycles. The second-order valence-corrected chi connectivity index (χ2v) is 19.9. The summed E-state index contributed by atoms with van der Waals surface area (Å²) in [5.74, 6) is 0.0471. The molecule has 0 unspecified atom stereocenters. The number of hydrogen-bond acceptors (Lipinski definition) is 6. The number of esters is 1. The average molecular weight is 734 g/mol. The van der Waals surface area contributed by atoms with Gasteiger partial charge in [0, 0.05) is 29.1 Å². The number of aromatic nitrogens is 1. The zero-order valence-corrected chi connectivity index (χ0v) is 33.6. The number of ether oxygens (including phenoxy) is 1. The van der Waals surface area contributed by atoms with E-state index in [9.17, 15) is 24.3 Å². The summed E-state index contributed by atoms with van der Waals surface area (Å²) in [7, 11) is 0. The lowest BCUT2D eigenvalue weighted by Crippen LogP contribution is -2.65. The van der Waals surface area contributed by atoms with E-state index in [1.807, 2.05) is 0 Å². The molecular formula is C44H60ClNO6. The van der Waals surface area contributed by atoms with E-state index in [1.54, 1.807) is 38.3 Å². The van der Waals surface area contributed by atoms with Crippen LogP contribution in [0.25, 0.3) is 0 Å². The first-order valence-electron chi connectivity index (χ1n) is 19.6. The predicted octanol–water partition coefficient (Wildman–Crippen LogP) is 9.80. The maximum absolute atomic E-state index is 14.0. The second kappa shape index (κ2) is 13.2. The SMILES string of the molecule is CC(C)C1=C2[C@H]3CC[C@@H]4[C@@]5(C)CC[C@H](OC(=O)CC(C)(C)C(=O)O)C(C)(C)[C@@H]5CC[C@@]4(C)[C@]3(C)CC[C@@]2(/C=C/C(=O)Cc2ccc(Cl)cn2)CC1=O. The van der Waals surface area contributed by atoms with Crippen molar-refractivity contribution in [3.63, 3.8) is 0 Å². The first kappa shape index (κ1) is 38.9. The molecule has 52 heavy (non-hydrogen) atoms. The Morgan fingerprint density at radius 1 is 0.981 bits per heavy atom. The largest absolute Gasteiger partial charge is 0.481 e. The van der Waals surface area contributed by atoms with Gasteiger partial charge in [-0.15, -0.1) is 0 Å². The number of hydrogen-bond donors (Lipinski definition) is 1. The fourth-order valence-corrected chi connectivity index (χ4v) is 12.8. The zero-order valence-electron chi connectivity index (χ0n) is 32.9. The summed E-state index contributed by atoms with van der Waals surface area (Å²) in [6.07, 6.45) is 13.5. The van der Waals surface area contributed by atoms with Crippen molar-refractivity contribution < 1.29 is 29.0 Å². The van der Waals surface area contributed by atoms with Crippen LogP contribution in [0.2, 0.25) is 5.02 Å². The molecule has 0 saturated heterocycles. The summed E-state index contributed by atoms with van der Waals surface area (Å²) in [5, 5.41) is 10.1. The number of fused-ring (bicyclic) bond motifs is 7. The summed E-state index contributed by atoms with van der Waals surface area (Å²) < 4.78 is 6.15. The molecule has 6 rings (SSSR count). The van der Waals surface area contributed by atoms with Gasteiger partial charge in [-0.05, 0) is 134 Å². The van der Waals surface area contributed by atoms with Crippen LogP contribution in [0.1, 0.15) is 132 Å². The fourth-order valence-electron chi connectivity index (χ4n) is 12.7.